The van der Waals surface area contributed by atoms with Crippen LogP contribution in [-0.4, -0.2) is 34.1 Å². The Bertz CT molecular complexity index is 453. The van der Waals surface area contributed by atoms with Crippen molar-refractivity contribution in [3.05, 3.63) is 18.1 Å². The number of nitrogens with one attached hydrogen (secondary N) is 2. The van der Waals surface area contributed by atoms with Crippen LogP contribution in [0.3, 0.4) is 0 Å². The number of carbonyl (C=O) groups excluding carboxylic acids is 1. The number of nitrogens with zero attached hydrogens (tertiary/aromatic N) is 2. The van der Waals surface area contributed by atoms with Crippen molar-refractivity contribution in [2.45, 2.75) is 31.9 Å². The number of nitrogens with two attached hydrogens (primary N) is 1. The molecule has 2 atom stereocenters. The van der Waals surface area contributed by atoms with Crippen LogP contribution in [0.1, 0.15) is 30.8 Å². The lowest BCUT2D eigenvalue weighted by molar-refractivity contribution is 0.0724. The second-order valence-corrected chi connectivity index (χ2v) is 4.57. The second kappa shape index (κ2) is 4.87. The zero-order valence-electron chi connectivity index (χ0n) is 10.4. The SMILES string of the molecule is CC1OCCC1(C)NC(=O)c1cncc(NN)n1. The third-order valence-electron chi connectivity index (χ3n) is 3.30. The van der Waals surface area contributed by atoms with Gasteiger partial charge in [0.1, 0.15) is 5.69 Å². The van der Waals surface area contributed by atoms with E-state index in [2.05, 4.69) is 20.7 Å². The van der Waals surface area contributed by atoms with Gasteiger partial charge in [0.25, 0.3) is 5.91 Å². The Morgan fingerprint density at radius 2 is 2.39 bits per heavy atom. The number of aromatic nitrogens is 2. The smallest absolute Gasteiger partial charge is 0.272 e. The van der Waals surface area contributed by atoms with Crippen molar-refractivity contribution in [2.75, 3.05) is 12.0 Å². The van der Waals surface area contributed by atoms with Crippen molar-refractivity contribution in [1.82, 2.24) is 15.3 Å². The van der Waals surface area contributed by atoms with Crippen molar-refractivity contribution in [3.8, 4) is 0 Å². The van der Waals surface area contributed by atoms with Gasteiger partial charge < -0.3 is 15.5 Å². The Labute approximate surface area is 105 Å². The van der Waals surface area contributed by atoms with Gasteiger partial charge in [-0.2, -0.15) is 0 Å². The number of ether oxygens (including phenoxy) is 1. The number of amides is 1. The van der Waals surface area contributed by atoms with Crippen molar-refractivity contribution < 1.29 is 9.53 Å². The molecule has 1 aliphatic heterocycles. The first-order valence-corrected chi connectivity index (χ1v) is 5.78. The van der Waals surface area contributed by atoms with E-state index in [9.17, 15) is 4.79 Å². The molecule has 1 aromatic rings. The monoisotopic (exact) mass is 251 g/mol. The topological polar surface area (TPSA) is 102 Å². The third kappa shape index (κ3) is 2.41. The van der Waals surface area contributed by atoms with E-state index in [1.165, 1.54) is 12.4 Å². The van der Waals surface area contributed by atoms with Crippen LogP contribution in [0, 0.1) is 0 Å². The van der Waals surface area contributed by atoms with Gasteiger partial charge in [0.2, 0.25) is 0 Å². The maximum absolute atomic E-state index is 12.1. The Balaban J connectivity index is 2.12. The van der Waals surface area contributed by atoms with Crippen LogP contribution in [0.25, 0.3) is 0 Å². The van der Waals surface area contributed by atoms with Gasteiger partial charge >= 0.3 is 0 Å². The quantitative estimate of drug-likeness (QED) is 0.518. The van der Waals surface area contributed by atoms with Gasteiger partial charge in [-0.1, -0.05) is 0 Å². The van der Waals surface area contributed by atoms with Crippen LogP contribution in [0.2, 0.25) is 0 Å². The van der Waals surface area contributed by atoms with E-state index in [4.69, 9.17) is 10.6 Å². The van der Waals surface area contributed by atoms with Crippen molar-refractivity contribution >= 4 is 11.7 Å². The minimum absolute atomic E-state index is 0.0229. The fraction of sp³-hybridized carbons (Fsp3) is 0.545. The highest BCUT2D eigenvalue weighted by atomic mass is 16.5. The first-order chi connectivity index (χ1) is 8.55. The number of nitrogen functional groups attached to an aromatic ring is 1. The van der Waals surface area contributed by atoms with E-state index in [1.54, 1.807) is 0 Å². The molecule has 7 nitrogen and oxygen atoms in total. The fourth-order valence-electron chi connectivity index (χ4n) is 1.87. The summed E-state index contributed by atoms with van der Waals surface area (Å²) >= 11 is 0. The molecule has 98 valence electrons. The van der Waals surface area contributed by atoms with E-state index in [0.717, 1.165) is 6.42 Å². The number of hydrazine groups is 1. The second-order valence-electron chi connectivity index (χ2n) is 4.57. The summed E-state index contributed by atoms with van der Waals surface area (Å²) < 4.78 is 5.47. The van der Waals surface area contributed by atoms with Crippen LogP contribution >= 0.6 is 0 Å². The van der Waals surface area contributed by atoms with E-state index in [0.29, 0.717) is 12.4 Å². The summed E-state index contributed by atoms with van der Waals surface area (Å²) in [4.78, 5) is 20.0. The number of hydrogen-bond donors (Lipinski definition) is 3. The van der Waals surface area contributed by atoms with Crippen molar-refractivity contribution in [2.24, 2.45) is 5.84 Å². The lowest BCUT2D eigenvalue weighted by atomic mass is 9.94. The fourth-order valence-corrected chi connectivity index (χ4v) is 1.87. The Morgan fingerprint density at radius 3 is 3.00 bits per heavy atom. The Kier molecular flexibility index (Phi) is 3.44. The number of anilines is 1. The lowest BCUT2D eigenvalue weighted by Gasteiger charge is -2.28. The Hall–Kier alpha value is -1.73. The maximum atomic E-state index is 12.1. The van der Waals surface area contributed by atoms with E-state index >= 15 is 0 Å². The highest BCUT2D eigenvalue weighted by Gasteiger charge is 2.38. The predicted molar refractivity (Wildman–Crippen MR) is 65.7 cm³/mol. The van der Waals surface area contributed by atoms with Gasteiger partial charge in [0.05, 0.1) is 24.0 Å². The molecule has 1 saturated heterocycles. The number of hydrogen-bond acceptors (Lipinski definition) is 6. The van der Waals surface area contributed by atoms with Crippen LogP contribution in [0.4, 0.5) is 5.82 Å². The molecule has 1 amide bonds. The van der Waals surface area contributed by atoms with E-state index in [-0.39, 0.29) is 23.2 Å². The average molecular weight is 251 g/mol. The summed E-state index contributed by atoms with van der Waals surface area (Å²) in [5.74, 6) is 5.30. The minimum Gasteiger partial charge on any atom is -0.376 e. The molecule has 0 spiro atoms. The molecule has 0 aliphatic carbocycles. The minimum atomic E-state index is -0.370. The first kappa shape index (κ1) is 12.7. The molecule has 4 N–H and O–H groups in total. The number of rotatable bonds is 3. The summed E-state index contributed by atoms with van der Waals surface area (Å²) in [5.41, 5.74) is 2.21. The van der Waals surface area contributed by atoms with Gasteiger partial charge in [0.15, 0.2) is 5.82 Å². The molecule has 2 rings (SSSR count). The average Bonchev–Trinajstić information content (AvgIpc) is 2.69. The molecule has 18 heavy (non-hydrogen) atoms. The van der Waals surface area contributed by atoms with Gasteiger partial charge in [-0.3, -0.25) is 9.78 Å². The van der Waals surface area contributed by atoms with Crippen molar-refractivity contribution in [1.29, 1.82) is 0 Å². The van der Waals surface area contributed by atoms with E-state index < -0.39 is 0 Å². The largest absolute Gasteiger partial charge is 0.376 e. The summed E-state index contributed by atoms with van der Waals surface area (Å²) in [7, 11) is 0. The molecule has 2 heterocycles. The first-order valence-electron chi connectivity index (χ1n) is 5.78. The number of carbonyl (C=O) groups is 1. The predicted octanol–water partition coefficient (Wildman–Crippen LogP) is 0.0595. The standard InChI is InChI=1S/C11H17N5O2/c1-7-11(2,3-4-18-7)15-10(17)8-5-13-6-9(14-8)16-12/h5-7H,3-4,12H2,1-2H3,(H,14,16)(H,15,17). The van der Waals surface area contributed by atoms with Gasteiger partial charge in [-0.15, -0.1) is 0 Å². The van der Waals surface area contributed by atoms with Crippen molar-refractivity contribution in [3.63, 3.8) is 0 Å². The molecular weight excluding hydrogens is 234 g/mol. The summed E-state index contributed by atoms with van der Waals surface area (Å²) in [6, 6.07) is 0. The summed E-state index contributed by atoms with van der Waals surface area (Å²) in [5, 5.41) is 2.94. The molecule has 0 aromatic carbocycles. The zero-order valence-corrected chi connectivity index (χ0v) is 10.4. The molecule has 7 heteroatoms. The van der Waals surface area contributed by atoms with Crippen LogP contribution < -0.4 is 16.6 Å². The molecule has 0 bridgehead atoms. The molecule has 2 unspecified atom stereocenters. The van der Waals surface area contributed by atoms with E-state index in [1.807, 2.05) is 13.8 Å². The highest BCUT2D eigenvalue weighted by molar-refractivity contribution is 5.92. The van der Waals surface area contributed by atoms with Crippen LogP contribution in [0.5, 0.6) is 0 Å². The summed E-state index contributed by atoms with van der Waals surface area (Å²) in [6.45, 7) is 4.55. The van der Waals surface area contributed by atoms with Gasteiger partial charge in [0, 0.05) is 6.61 Å². The van der Waals surface area contributed by atoms with Gasteiger partial charge in [-0.05, 0) is 20.3 Å². The zero-order chi connectivity index (χ0) is 13.2. The summed E-state index contributed by atoms with van der Waals surface area (Å²) in [6.07, 6.45) is 3.60. The van der Waals surface area contributed by atoms with Gasteiger partial charge in [-0.25, -0.2) is 10.8 Å². The lowest BCUT2D eigenvalue weighted by Crippen LogP contribution is -2.50. The molecule has 0 saturated carbocycles. The molecule has 0 radical (unpaired) electrons. The third-order valence-corrected chi connectivity index (χ3v) is 3.30. The maximum Gasteiger partial charge on any atom is 0.272 e. The normalized spacial score (nSPS) is 26.9. The highest BCUT2D eigenvalue weighted by Crippen LogP contribution is 2.25. The van der Waals surface area contributed by atoms with Crippen LogP contribution in [-0.2, 0) is 4.74 Å². The molecule has 1 aliphatic rings. The molecule has 1 aromatic heterocycles. The Morgan fingerprint density at radius 1 is 1.61 bits per heavy atom. The van der Waals surface area contributed by atoms with Crippen LogP contribution in [0.15, 0.2) is 12.4 Å². The molecular formula is C11H17N5O2. The molecule has 1 fully saturated rings.